The van der Waals surface area contributed by atoms with Crippen LogP contribution in [0, 0.1) is 0 Å². The maximum Gasteiger partial charge on any atom is 0.326 e. The van der Waals surface area contributed by atoms with Crippen molar-refractivity contribution < 1.29 is 24.5 Å². The van der Waals surface area contributed by atoms with Gasteiger partial charge < -0.3 is 20.3 Å². The maximum atomic E-state index is 11.7. The molecular formula is C15H19NO5. The van der Waals surface area contributed by atoms with Crippen LogP contribution in [0.5, 0.6) is 5.75 Å². The number of carboxylic acid groups (broad SMARTS) is 1. The third kappa shape index (κ3) is 5.66. The molecule has 21 heavy (non-hydrogen) atoms. The van der Waals surface area contributed by atoms with Crippen LogP contribution >= 0.6 is 0 Å². The fourth-order valence-corrected chi connectivity index (χ4v) is 1.68. The van der Waals surface area contributed by atoms with Crippen LogP contribution in [0.4, 0.5) is 0 Å². The topological polar surface area (TPSA) is 95.9 Å². The number of benzene rings is 1. The number of aliphatic carboxylic acids is 1. The van der Waals surface area contributed by atoms with E-state index in [-0.39, 0.29) is 13.0 Å². The van der Waals surface area contributed by atoms with Crippen molar-refractivity contribution >= 4 is 18.0 Å². The number of aliphatic hydroxyl groups is 1. The van der Waals surface area contributed by atoms with E-state index in [0.717, 1.165) is 5.56 Å². The van der Waals surface area contributed by atoms with Gasteiger partial charge in [0, 0.05) is 24.7 Å². The van der Waals surface area contributed by atoms with Crippen molar-refractivity contribution in [3.05, 3.63) is 35.9 Å². The molecular weight excluding hydrogens is 274 g/mol. The van der Waals surface area contributed by atoms with Crippen molar-refractivity contribution in [1.29, 1.82) is 0 Å². The molecule has 1 rings (SSSR count). The summed E-state index contributed by atoms with van der Waals surface area (Å²) in [6.07, 6.45) is 2.76. The Morgan fingerprint density at radius 2 is 2.10 bits per heavy atom. The fraction of sp³-hybridized carbons (Fsp3) is 0.333. The predicted octanol–water partition coefficient (Wildman–Crippen LogP) is 1.05. The van der Waals surface area contributed by atoms with E-state index >= 15 is 0 Å². The summed E-state index contributed by atoms with van der Waals surface area (Å²) < 4.78 is 5.42. The van der Waals surface area contributed by atoms with Crippen LogP contribution in [0.1, 0.15) is 18.9 Å². The third-order valence-electron chi connectivity index (χ3n) is 2.67. The van der Waals surface area contributed by atoms with Gasteiger partial charge >= 0.3 is 5.97 Å². The van der Waals surface area contributed by atoms with Gasteiger partial charge in [0.05, 0.1) is 6.61 Å². The summed E-state index contributed by atoms with van der Waals surface area (Å²) in [5, 5.41) is 19.9. The molecule has 0 fully saturated rings. The van der Waals surface area contributed by atoms with Gasteiger partial charge in [-0.3, -0.25) is 4.79 Å². The molecule has 0 spiro atoms. The highest BCUT2D eigenvalue weighted by atomic mass is 16.5. The summed E-state index contributed by atoms with van der Waals surface area (Å²) in [7, 11) is 0. The van der Waals surface area contributed by atoms with E-state index in [1.807, 2.05) is 19.1 Å². The number of para-hydroxylation sites is 1. The highest BCUT2D eigenvalue weighted by Crippen LogP contribution is 2.19. The summed E-state index contributed by atoms with van der Waals surface area (Å²) in [4.78, 5) is 22.6. The van der Waals surface area contributed by atoms with Crippen LogP contribution in [0.15, 0.2) is 30.3 Å². The fourth-order valence-electron chi connectivity index (χ4n) is 1.68. The predicted molar refractivity (Wildman–Crippen MR) is 77.9 cm³/mol. The summed E-state index contributed by atoms with van der Waals surface area (Å²) in [6.45, 7) is 2.06. The molecule has 1 atom stereocenters. The van der Waals surface area contributed by atoms with Crippen molar-refractivity contribution in [1.82, 2.24) is 5.32 Å². The lowest BCUT2D eigenvalue weighted by molar-refractivity contribution is -0.141. The Balaban J connectivity index is 2.71. The quantitative estimate of drug-likeness (QED) is 0.623. The van der Waals surface area contributed by atoms with Crippen LogP contribution in [-0.2, 0) is 9.59 Å². The summed E-state index contributed by atoms with van der Waals surface area (Å²) >= 11 is 0. The lowest BCUT2D eigenvalue weighted by Gasteiger charge is -2.11. The molecule has 0 aliphatic heterocycles. The van der Waals surface area contributed by atoms with Gasteiger partial charge in [0.25, 0.3) is 0 Å². The molecule has 114 valence electrons. The number of hydrogen-bond donors (Lipinski definition) is 3. The first-order valence-electron chi connectivity index (χ1n) is 6.62. The lowest BCUT2D eigenvalue weighted by Crippen LogP contribution is -2.40. The number of hydrogen-bond acceptors (Lipinski definition) is 4. The first-order chi connectivity index (χ1) is 10.1. The third-order valence-corrected chi connectivity index (χ3v) is 2.67. The van der Waals surface area contributed by atoms with Crippen LogP contribution in [0.2, 0.25) is 0 Å². The number of aliphatic hydroxyl groups excluding tert-OH is 1. The average molecular weight is 293 g/mol. The van der Waals surface area contributed by atoms with Crippen LogP contribution in [0.25, 0.3) is 6.08 Å². The normalized spacial score (nSPS) is 12.1. The second-order valence-electron chi connectivity index (χ2n) is 4.22. The standard InChI is InChI=1S/C15H19NO5/c1-2-21-13-6-4-3-5-11(13)7-8-14(18)16-12(9-10-17)15(19)20/h3-8,12,17H,2,9-10H2,1H3,(H,16,18)(H,19,20). The molecule has 0 bridgehead atoms. The van der Waals surface area contributed by atoms with Gasteiger partial charge in [-0.2, -0.15) is 0 Å². The molecule has 0 aliphatic rings. The zero-order valence-electron chi connectivity index (χ0n) is 11.8. The first-order valence-corrected chi connectivity index (χ1v) is 6.62. The lowest BCUT2D eigenvalue weighted by atomic mass is 10.1. The monoisotopic (exact) mass is 293 g/mol. The van der Waals surface area contributed by atoms with Gasteiger partial charge in [-0.1, -0.05) is 18.2 Å². The molecule has 1 unspecified atom stereocenters. The Morgan fingerprint density at radius 1 is 1.38 bits per heavy atom. The molecule has 0 saturated heterocycles. The van der Waals surface area contributed by atoms with Crippen molar-refractivity contribution in [3.8, 4) is 5.75 Å². The van der Waals surface area contributed by atoms with E-state index in [0.29, 0.717) is 12.4 Å². The number of ether oxygens (including phenoxy) is 1. The highest BCUT2D eigenvalue weighted by Gasteiger charge is 2.17. The zero-order valence-corrected chi connectivity index (χ0v) is 11.8. The molecule has 6 nitrogen and oxygen atoms in total. The molecule has 3 N–H and O–H groups in total. The Hall–Kier alpha value is -2.34. The minimum absolute atomic E-state index is 0.0373. The van der Waals surface area contributed by atoms with Crippen molar-refractivity contribution in [2.75, 3.05) is 13.2 Å². The molecule has 1 amide bonds. The van der Waals surface area contributed by atoms with Crippen LogP contribution in [-0.4, -0.2) is 41.3 Å². The number of nitrogens with one attached hydrogen (secondary N) is 1. The maximum absolute atomic E-state index is 11.7. The van der Waals surface area contributed by atoms with Gasteiger partial charge in [-0.05, 0) is 19.1 Å². The van der Waals surface area contributed by atoms with Crippen LogP contribution in [0.3, 0.4) is 0 Å². The summed E-state index contributed by atoms with van der Waals surface area (Å²) in [6, 6.07) is 6.11. The molecule has 1 aromatic carbocycles. The van der Waals surface area contributed by atoms with E-state index in [9.17, 15) is 9.59 Å². The van der Waals surface area contributed by atoms with Gasteiger partial charge in [0.15, 0.2) is 0 Å². The minimum atomic E-state index is -1.18. The largest absolute Gasteiger partial charge is 0.493 e. The van der Waals surface area contributed by atoms with E-state index in [2.05, 4.69) is 5.32 Å². The Bertz CT molecular complexity index is 513. The molecule has 6 heteroatoms. The van der Waals surface area contributed by atoms with E-state index in [1.165, 1.54) is 6.08 Å². The van der Waals surface area contributed by atoms with Gasteiger partial charge in [0.1, 0.15) is 11.8 Å². The van der Waals surface area contributed by atoms with Crippen molar-refractivity contribution in [2.24, 2.45) is 0 Å². The van der Waals surface area contributed by atoms with Crippen molar-refractivity contribution in [3.63, 3.8) is 0 Å². The molecule has 0 radical (unpaired) electrons. The molecule has 0 aliphatic carbocycles. The Labute approximate surface area is 123 Å². The minimum Gasteiger partial charge on any atom is -0.493 e. The van der Waals surface area contributed by atoms with Crippen molar-refractivity contribution in [2.45, 2.75) is 19.4 Å². The number of rotatable bonds is 8. The number of amides is 1. The van der Waals surface area contributed by atoms with Gasteiger partial charge in [-0.15, -0.1) is 0 Å². The summed E-state index contributed by atoms with van der Waals surface area (Å²) in [5.41, 5.74) is 0.725. The average Bonchev–Trinajstić information content (AvgIpc) is 2.46. The van der Waals surface area contributed by atoms with Crippen LogP contribution < -0.4 is 10.1 Å². The SMILES string of the molecule is CCOc1ccccc1C=CC(=O)NC(CCO)C(=O)O. The molecule has 0 saturated carbocycles. The summed E-state index contributed by atoms with van der Waals surface area (Å²) in [5.74, 6) is -1.07. The van der Waals surface area contributed by atoms with E-state index in [1.54, 1.807) is 18.2 Å². The smallest absolute Gasteiger partial charge is 0.326 e. The molecule has 0 aromatic heterocycles. The van der Waals surface area contributed by atoms with E-state index in [4.69, 9.17) is 14.9 Å². The highest BCUT2D eigenvalue weighted by molar-refractivity contribution is 5.94. The second-order valence-corrected chi connectivity index (χ2v) is 4.22. The number of carbonyl (C=O) groups excluding carboxylic acids is 1. The number of carbonyl (C=O) groups is 2. The number of carboxylic acids is 1. The Kier molecular flexibility index (Phi) is 6.97. The first kappa shape index (κ1) is 16.7. The second kappa shape index (κ2) is 8.76. The van der Waals surface area contributed by atoms with E-state index < -0.39 is 17.9 Å². The zero-order chi connectivity index (χ0) is 15.7. The van der Waals surface area contributed by atoms with Gasteiger partial charge in [0.2, 0.25) is 5.91 Å². The Morgan fingerprint density at radius 3 is 2.71 bits per heavy atom. The van der Waals surface area contributed by atoms with Gasteiger partial charge in [-0.25, -0.2) is 4.79 Å². The molecule has 0 heterocycles. The molecule has 1 aromatic rings.